The summed E-state index contributed by atoms with van der Waals surface area (Å²) in [7, 11) is 1.63. The fourth-order valence-electron chi connectivity index (χ4n) is 1.45. The van der Waals surface area contributed by atoms with E-state index in [-0.39, 0.29) is 0 Å². The van der Waals surface area contributed by atoms with Gasteiger partial charge in [-0.3, -0.25) is 5.10 Å². The van der Waals surface area contributed by atoms with Crippen molar-refractivity contribution in [3.05, 3.63) is 17.8 Å². The highest BCUT2D eigenvalue weighted by molar-refractivity contribution is 5.90. The Bertz CT molecular complexity index is 447. The lowest BCUT2D eigenvalue weighted by Gasteiger charge is -2.02. The summed E-state index contributed by atoms with van der Waals surface area (Å²) in [5, 5.41) is 7.99. The van der Waals surface area contributed by atoms with Gasteiger partial charge < -0.3 is 10.5 Å². The topological polar surface area (TPSA) is 63.9 Å². The second-order valence-corrected chi connectivity index (χ2v) is 2.97. The van der Waals surface area contributed by atoms with Gasteiger partial charge >= 0.3 is 0 Å². The van der Waals surface area contributed by atoms with Crippen LogP contribution in [0, 0.1) is 6.92 Å². The number of nitrogens with zero attached hydrogens (tertiary/aromatic N) is 1. The number of anilines is 1. The molecule has 4 heteroatoms. The van der Waals surface area contributed by atoms with Gasteiger partial charge in [0.2, 0.25) is 0 Å². The Labute approximate surface area is 75.7 Å². The van der Waals surface area contributed by atoms with Gasteiger partial charge in [0.05, 0.1) is 18.0 Å². The lowest BCUT2D eigenvalue weighted by Crippen LogP contribution is -1.89. The summed E-state index contributed by atoms with van der Waals surface area (Å²) >= 11 is 0. The molecule has 0 unspecified atom stereocenters. The highest BCUT2D eigenvalue weighted by atomic mass is 16.5. The van der Waals surface area contributed by atoms with Crippen LogP contribution in [0.1, 0.15) is 5.69 Å². The Morgan fingerprint density at radius 2 is 2.23 bits per heavy atom. The minimum absolute atomic E-state index is 0.663. The molecule has 2 aromatic rings. The maximum Gasteiger partial charge on any atom is 0.132 e. The van der Waals surface area contributed by atoms with E-state index in [1.807, 2.05) is 13.0 Å². The van der Waals surface area contributed by atoms with Crippen molar-refractivity contribution in [2.75, 3.05) is 12.8 Å². The molecule has 0 fully saturated rings. The summed E-state index contributed by atoms with van der Waals surface area (Å²) in [6.45, 7) is 1.95. The van der Waals surface area contributed by atoms with E-state index in [1.54, 1.807) is 13.2 Å². The fourth-order valence-corrected chi connectivity index (χ4v) is 1.45. The number of nitrogens with two attached hydrogens (primary N) is 1. The van der Waals surface area contributed by atoms with Gasteiger partial charge in [-0.1, -0.05) is 0 Å². The van der Waals surface area contributed by atoms with Gasteiger partial charge in [-0.15, -0.1) is 0 Å². The summed E-state index contributed by atoms with van der Waals surface area (Å²) in [5.41, 5.74) is 8.17. The van der Waals surface area contributed by atoms with Crippen LogP contribution in [-0.2, 0) is 0 Å². The number of H-pyrrole nitrogens is 1. The van der Waals surface area contributed by atoms with Gasteiger partial charge in [0.15, 0.2) is 0 Å². The van der Waals surface area contributed by atoms with Crippen molar-refractivity contribution in [2.24, 2.45) is 0 Å². The van der Waals surface area contributed by atoms with E-state index in [0.29, 0.717) is 5.69 Å². The Balaban J connectivity index is 2.85. The van der Waals surface area contributed by atoms with Gasteiger partial charge in [-0.05, 0) is 13.0 Å². The number of benzene rings is 1. The van der Waals surface area contributed by atoms with Gasteiger partial charge in [-0.25, -0.2) is 0 Å². The average molecular weight is 177 g/mol. The van der Waals surface area contributed by atoms with Crippen molar-refractivity contribution in [1.82, 2.24) is 10.2 Å². The molecule has 0 aliphatic carbocycles. The molecular weight excluding hydrogens is 166 g/mol. The quantitative estimate of drug-likeness (QED) is 0.648. The molecular formula is C9H11N3O. The minimum atomic E-state index is 0.663. The number of aromatic nitrogens is 2. The smallest absolute Gasteiger partial charge is 0.132 e. The second kappa shape index (κ2) is 2.65. The lowest BCUT2D eigenvalue weighted by molar-refractivity contribution is 0.420. The van der Waals surface area contributed by atoms with E-state index in [0.717, 1.165) is 22.3 Å². The van der Waals surface area contributed by atoms with Gasteiger partial charge in [0, 0.05) is 17.4 Å². The standard InChI is InChI=1S/C9H11N3O/c1-5-9-7(12-11-5)3-6(10)4-8(9)13-2/h3-4H,10H2,1-2H3,(H,11,12). The first kappa shape index (κ1) is 7.91. The van der Waals surface area contributed by atoms with E-state index in [4.69, 9.17) is 10.5 Å². The summed E-state index contributed by atoms with van der Waals surface area (Å²) in [6.07, 6.45) is 0. The zero-order valence-corrected chi connectivity index (χ0v) is 7.59. The molecule has 1 heterocycles. The third-order valence-electron chi connectivity index (χ3n) is 2.04. The van der Waals surface area contributed by atoms with Crippen molar-refractivity contribution in [2.45, 2.75) is 6.92 Å². The molecule has 0 radical (unpaired) electrons. The van der Waals surface area contributed by atoms with Crippen LogP contribution in [0.2, 0.25) is 0 Å². The van der Waals surface area contributed by atoms with Crippen LogP contribution in [0.3, 0.4) is 0 Å². The first-order valence-corrected chi connectivity index (χ1v) is 4.00. The number of hydrogen-bond acceptors (Lipinski definition) is 3. The molecule has 0 aliphatic heterocycles. The molecule has 0 atom stereocenters. The van der Waals surface area contributed by atoms with Crippen LogP contribution in [0.4, 0.5) is 5.69 Å². The average Bonchev–Trinajstić information content (AvgIpc) is 2.46. The summed E-state index contributed by atoms with van der Waals surface area (Å²) in [5.74, 6) is 0.765. The number of fused-ring (bicyclic) bond motifs is 1. The highest BCUT2D eigenvalue weighted by Gasteiger charge is 2.08. The fraction of sp³-hybridized carbons (Fsp3) is 0.222. The molecule has 0 bridgehead atoms. The monoisotopic (exact) mass is 177 g/mol. The van der Waals surface area contributed by atoms with E-state index < -0.39 is 0 Å². The van der Waals surface area contributed by atoms with Crippen LogP contribution >= 0.6 is 0 Å². The normalized spacial score (nSPS) is 10.6. The zero-order valence-electron chi connectivity index (χ0n) is 7.59. The predicted molar refractivity (Wildman–Crippen MR) is 51.8 cm³/mol. The summed E-state index contributed by atoms with van der Waals surface area (Å²) < 4.78 is 5.21. The van der Waals surface area contributed by atoms with Crippen LogP contribution in [0.5, 0.6) is 5.75 Å². The number of nitrogen functional groups attached to an aromatic ring is 1. The van der Waals surface area contributed by atoms with Gasteiger partial charge in [-0.2, -0.15) is 5.10 Å². The van der Waals surface area contributed by atoms with E-state index in [1.165, 1.54) is 0 Å². The maximum absolute atomic E-state index is 5.68. The Hall–Kier alpha value is -1.71. The number of nitrogens with one attached hydrogen (secondary N) is 1. The lowest BCUT2D eigenvalue weighted by atomic mass is 10.2. The summed E-state index contributed by atoms with van der Waals surface area (Å²) in [6, 6.07) is 3.62. The molecule has 0 amide bonds. The Kier molecular flexibility index (Phi) is 1.62. The van der Waals surface area contributed by atoms with Crippen molar-refractivity contribution in [3.8, 4) is 5.75 Å². The van der Waals surface area contributed by atoms with E-state index in [2.05, 4.69) is 10.2 Å². The molecule has 0 aliphatic rings. The van der Waals surface area contributed by atoms with Gasteiger partial charge in [0.25, 0.3) is 0 Å². The Morgan fingerprint density at radius 1 is 1.46 bits per heavy atom. The second-order valence-electron chi connectivity index (χ2n) is 2.97. The van der Waals surface area contributed by atoms with Crippen molar-refractivity contribution in [1.29, 1.82) is 0 Å². The summed E-state index contributed by atoms with van der Waals surface area (Å²) in [4.78, 5) is 0. The van der Waals surface area contributed by atoms with Crippen molar-refractivity contribution in [3.63, 3.8) is 0 Å². The van der Waals surface area contributed by atoms with Crippen LogP contribution in [-0.4, -0.2) is 17.3 Å². The number of ether oxygens (including phenoxy) is 1. The molecule has 13 heavy (non-hydrogen) atoms. The van der Waals surface area contributed by atoms with Crippen LogP contribution in [0.25, 0.3) is 10.9 Å². The minimum Gasteiger partial charge on any atom is -0.496 e. The Morgan fingerprint density at radius 3 is 2.92 bits per heavy atom. The van der Waals surface area contributed by atoms with E-state index in [9.17, 15) is 0 Å². The number of hydrogen-bond donors (Lipinski definition) is 2. The molecule has 0 spiro atoms. The molecule has 0 saturated carbocycles. The van der Waals surface area contributed by atoms with Crippen LogP contribution < -0.4 is 10.5 Å². The van der Waals surface area contributed by atoms with Crippen LogP contribution in [0.15, 0.2) is 12.1 Å². The van der Waals surface area contributed by atoms with Crippen molar-refractivity contribution < 1.29 is 4.74 Å². The highest BCUT2D eigenvalue weighted by Crippen LogP contribution is 2.29. The first-order valence-electron chi connectivity index (χ1n) is 4.00. The molecule has 68 valence electrons. The molecule has 3 N–H and O–H groups in total. The number of aryl methyl sites for hydroxylation is 1. The molecule has 1 aromatic heterocycles. The molecule has 1 aromatic carbocycles. The van der Waals surface area contributed by atoms with Crippen molar-refractivity contribution >= 4 is 16.6 Å². The maximum atomic E-state index is 5.68. The van der Waals surface area contributed by atoms with E-state index >= 15 is 0 Å². The third kappa shape index (κ3) is 1.11. The van der Waals surface area contributed by atoms with Gasteiger partial charge in [0.1, 0.15) is 5.75 Å². The number of aromatic amines is 1. The predicted octanol–water partition coefficient (Wildman–Crippen LogP) is 1.46. The number of rotatable bonds is 1. The number of methoxy groups -OCH3 is 1. The molecule has 4 nitrogen and oxygen atoms in total. The third-order valence-corrected chi connectivity index (χ3v) is 2.04. The molecule has 0 saturated heterocycles. The molecule has 2 rings (SSSR count). The largest absolute Gasteiger partial charge is 0.496 e. The zero-order chi connectivity index (χ0) is 9.42. The SMILES string of the molecule is COc1cc(N)cc2n[nH]c(C)c12. The first-order chi connectivity index (χ1) is 6.22.